The van der Waals surface area contributed by atoms with Crippen LogP contribution in [-0.4, -0.2) is 13.4 Å². The lowest BCUT2D eigenvalue weighted by Gasteiger charge is -2.47. The summed E-state index contributed by atoms with van der Waals surface area (Å²) in [7, 11) is 0. The number of benzene rings is 16. The molecule has 1 unspecified atom stereocenters. The quantitative estimate of drug-likeness (QED) is 0.113. The molecule has 149 heavy (non-hydrogen) atoms. The van der Waals surface area contributed by atoms with Gasteiger partial charge >= 0.3 is 0 Å². The van der Waals surface area contributed by atoms with Crippen molar-refractivity contribution in [3.63, 3.8) is 0 Å². The Kier molecular flexibility index (Phi) is 20.4. The molecule has 0 saturated carbocycles. The molecule has 12 heteroatoms. The van der Waals surface area contributed by atoms with E-state index in [1.807, 2.05) is 22.7 Å². The Morgan fingerprint density at radius 1 is 0.268 bits per heavy atom. The first kappa shape index (κ1) is 93.1. The zero-order valence-corrected chi connectivity index (χ0v) is 92.7. The maximum absolute atomic E-state index is 2.82. The molecule has 4 aliphatic heterocycles. The highest BCUT2D eigenvalue weighted by Crippen LogP contribution is 2.63. The van der Waals surface area contributed by atoms with Gasteiger partial charge in [-0.25, -0.2) is 0 Å². The first-order valence-electron chi connectivity index (χ1n) is 54.4. The van der Waals surface area contributed by atoms with Crippen LogP contribution in [0.25, 0.3) is 60.5 Å². The van der Waals surface area contributed by atoms with Crippen molar-refractivity contribution in [1.29, 1.82) is 0 Å². The highest BCUT2D eigenvalue weighted by atomic mass is 32.1. The second kappa shape index (κ2) is 32.7. The third kappa shape index (κ3) is 14.2. The monoisotopic (exact) mass is 2010 g/mol. The van der Waals surface area contributed by atoms with Gasteiger partial charge in [0.2, 0.25) is 0 Å². The van der Waals surface area contributed by atoms with E-state index in [2.05, 4.69) is 505 Å². The predicted molar refractivity (Wildman–Crippen MR) is 649 cm³/mol. The normalized spacial score (nSPS) is 18.3. The van der Waals surface area contributed by atoms with Crippen LogP contribution in [0, 0.1) is 6.92 Å². The summed E-state index contributed by atoms with van der Waals surface area (Å²) in [4.78, 5) is 16.2. The van der Waals surface area contributed by atoms with Crippen LogP contribution < -0.4 is 60.8 Å². The molecular weight excluding hydrogens is 1880 g/mol. The summed E-state index contributed by atoms with van der Waals surface area (Å²) in [5.41, 5.74) is 41.8. The fourth-order valence-electron chi connectivity index (χ4n) is 28.1. The number of nitrogens with zero attached hydrogens (tertiary/aromatic N) is 6. The number of aryl methyl sites for hydroxylation is 1. The van der Waals surface area contributed by atoms with Crippen molar-refractivity contribution in [2.24, 2.45) is 0 Å². The summed E-state index contributed by atoms with van der Waals surface area (Å²) in [6.45, 7) is 47.1. The number of thiophene rings is 4. The van der Waals surface area contributed by atoms with Crippen molar-refractivity contribution in [3.8, 4) is 0 Å². The van der Waals surface area contributed by atoms with Gasteiger partial charge in [-0.2, -0.15) is 0 Å². The minimum absolute atomic E-state index is 0.00905. The van der Waals surface area contributed by atoms with Crippen molar-refractivity contribution < 1.29 is 0 Å². The van der Waals surface area contributed by atoms with Gasteiger partial charge in [-0.05, 0) is 349 Å². The molecule has 1 atom stereocenters. The van der Waals surface area contributed by atoms with E-state index >= 15 is 0 Å². The molecule has 736 valence electrons. The van der Waals surface area contributed by atoms with Crippen LogP contribution in [0.15, 0.2) is 322 Å². The maximum atomic E-state index is 2.82. The topological polar surface area (TPSA) is 19.4 Å². The second-order valence-corrected chi connectivity index (χ2v) is 55.0. The molecule has 6 nitrogen and oxygen atoms in total. The van der Waals surface area contributed by atoms with Gasteiger partial charge in [-0.15, -0.1) is 45.3 Å². The summed E-state index contributed by atoms with van der Waals surface area (Å²) >= 11 is 8.04. The van der Waals surface area contributed by atoms with E-state index in [4.69, 9.17) is 0 Å². The van der Waals surface area contributed by atoms with Crippen molar-refractivity contribution in [1.82, 2.24) is 0 Å². The summed E-state index contributed by atoms with van der Waals surface area (Å²) in [6.07, 6.45) is 9.64. The SMILES string of the molecule is Cc1ccc(N2c3cc4c(cc3B3c5sc6cc7c(cc6c5N(c5cccc6c5sc5ccccc56)c5cc(N(c6ccccc6)c6ccccc6)cc2c53)C(C)(C)CCC7(C)Cc2cccc(N(c3ccccc3)c3cc5c6c(c3)N(c3cccc7c3sc3ccccc37)c3c(sc7cc8c(cc37)C(C)(C)CCC8(C)C)B6c3cc6c(cc3N5c3ccc(C(C)(C)C)cc3)C(C)(C)CCC6(C)C)c2)C(C)(C)CCC4(C)C)cc1. The lowest BCUT2D eigenvalue weighted by atomic mass is 9.35. The average Bonchev–Trinajstić information content (AvgIpc) is 1.62. The Bertz CT molecular complexity index is 8990. The Hall–Kier alpha value is -13.2. The van der Waals surface area contributed by atoms with E-state index in [0.29, 0.717) is 0 Å². The lowest BCUT2D eigenvalue weighted by molar-refractivity contribution is 0.311. The molecule has 0 N–H and O–H groups in total. The Labute approximate surface area is 895 Å². The number of fused-ring (bicyclic) bond motifs is 22. The summed E-state index contributed by atoms with van der Waals surface area (Å²) in [5, 5.41) is 7.85. The molecule has 8 aliphatic rings. The van der Waals surface area contributed by atoms with Crippen molar-refractivity contribution >= 4 is 253 Å². The minimum atomic E-state index is -0.293. The summed E-state index contributed by atoms with van der Waals surface area (Å²) < 4.78 is 10.7. The minimum Gasteiger partial charge on any atom is -0.311 e. The standard InChI is InChI=1S/C137H128B2N6S4/c1-82-52-56-88(57-53-82)142-111-77-103-101(131(7,8)61-63-133(103,11)12)75-107(111)139-121-113(142)69-91(140(85-37-23-20-24-38-85)86-39-25-21-26-40-86)71-115(121)144(109-48-34-46-95-93-44-29-31-50-117(93)146-125(95)109)124-98-74-100-106(80-120(98)149-128(124)139)137(19,67-66-136(100,17)18)81-83-36-33-43-90(68-83)141(87-41-27-22-28-42-87)92-70-114-122-116(72-92)145(110-49-35-47-96-94-45-30-32-51-118(94)147-126(96)110)123-97-73-99-105(135(15,16)65-60-130(99,5)6)79-119(97)148-127(123)138(122)108-76-102-104(134(13,14)64-62-132(102,9)10)78-112(108)143(114)89-58-54-84(55-59-89)129(2,3)4/h20-59,68-80H,60-67,81H2,1-19H3. The summed E-state index contributed by atoms with van der Waals surface area (Å²) in [6, 6.07) is 128. The zero-order chi connectivity index (χ0) is 102. The number of hydrogen-bond donors (Lipinski definition) is 0. The maximum Gasteiger partial charge on any atom is 0.264 e. The van der Waals surface area contributed by atoms with Crippen molar-refractivity contribution in [3.05, 3.63) is 383 Å². The molecule has 0 bridgehead atoms. The van der Waals surface area contributed by atoms with Gasteiger partial charge in [0.1, 0.15) is 0 Å². The van der Waals surface area contributed by atoms with Gasteiger partial charge in [0.05, 0.1) is 43.5 Å². The van der Waals surface area contributed by atoms with E-state index in [9.17, 15) is 0 Å². The van der Waals surface area contributed by atoms with Crippen LogP contribution >= 0.6 is 45.3 Å². The molecule has 4 aromatic heterocycles. The van der Waals surface area contributed by atoms with E-state index in [1.165, 1.54) is 216 Å². The van der Waals surface area contributed by atoms with E-state index in [0.717, 1.165) is 97.6 Å². The first-order valence-corrected chi connectivity index (χ1v) is 57.7. The molecule has 16 aromatic carbocycles. The Morgan fingerprint density at radius 2 is 0.611 bits per heavy atom. The van der Waals surface area contributed by atoms with Crippen LogP contribution in [0.3, 0.4) is 0 Å². The van der Waals surface area contributed by atoms with Gasteiger partial charge in [0, 0.05) is 129 Å². The van der Waals surface area contributed by atoms with Crippen LogP contribution in [0.4, 0.5) is 102 Å². The number of rotatable bonds is 12. The Balaban J connectivity index is 0.669. The van der Waals surface area contributed by atoms with Gasteiger partial charge in [-0.3, -0.25) is 0 Å². The van der Waals surface area contributed by atoms with Crippen LogP contribution in [0.5, 0.6) is 0 Å². The molecule has 0 saturated heterocycles. The van der Waals surface area contributed by atoms with E-state index < -0.39 is 0 Å². The molecule has 8 heterocycles. The smallest absolute Gasteiger partial charge is 0.264 e. The molecule has 0 amide bonds. The summed E-state index contributed by atoms with van der Waals surface area (Å²) in [5.74, 6) is 0. The van der Waals surface area contributed by atoms with E-state index in [-0.39, 0.29) is 62.2 Å². The molecule has 0 spiro atoms. The highest BCUT2D eigenvalue weighted by Gasteiger charge is 2.54. The fourth-order valence-corrected chi connectivity index (χ4v) is 33.2. The molecule has 20 aromatic rings. The molecule has 0 fully saturated rings. The molecule has 4 aliphatic carbocycles. The van der Waals surface area contributed by atoms with Gasteiger partial charge in [0.15, 0.2) is 0 Å². The van der Waals surface area contributed by atoms with Crippen LogP contribution in [0.2, 0.25) is 0 Å². The zero-order valence-electron chi connectivity index (χ0n) is 89.4. The third-order valence-electron chi connectivity index (χ3n) is 36.9. The number of para-hydroxylation sites is 3. The van der Waals surface area contributed by atoms with Crippen LogP contribution in [-0.2, 0) is 55.2 Å². The largest absolute Gasteiger partial charge is 0.311 e. The van der Waals surface area contributed by atoms with Crippen molar-refractivity contribution in [2.45, 2.75) is 238 Å². The van der Waals surface area contributed by atoms with Crippen molar-refractivity contribution in [2.75, 3.05) is 29.4 Å². The fraction of sp³-hybridized carbons (Fsp3) is 0.270. The number of hydrogen-bond acceptors (Lipinski definition) is 10. The number of anilines is 18. The van der Waals surface area contributed by atoms with Crippen LogP contribution in [0.1, 0.15) is 237 Å². The van der Waals surface area contributed by atoms with Gasteiger partial charge < -0.3 is 29.4 Å². The molecule has 28 rings (SSSR count). The molecular formula is C137H128B2N6S4. The lowest BCUT2D eigenvalue weighted by Crippen LogP contribution is -2.61. The predicted octanol–water partition coefficient (Wildman–Crippen LogP) is 36.2. The third-order valence-corrected chi connectivity index (χ3v) is 41.7. The second-order valence-electron chi connectivity index (χ2n) is 50.7. The molecule has 0 radical (unpaired) electrons. The highest BCUT2D eigenvalue weighted by molar-refractivity contribution is 7.35. The average molecular weight is 2010 g/mol. The van der Waals surface area contributed by atoms with E-state index in [1.54, 1.807) is 0 Å². The van der Waals surface area contributed by atoms with Gasteiger partial charge in [0.25, 0.3) is 13.4 Å². The first-order chi connectivity index (χ1) is 71.4. The Morgan fingerprint density at radius 3 is 1.04 bits per heavy atom. The van der Waals surface area contributed by atoms with Gasteiger partial charge in [-0.1, -0.05) is 294 Å².